The Kier molecular flexibility index (Phi) is 4.88. The zero-order valence-electron chi connectivity index (χ0n) is 10.5. The van der Waals surface area contributed by atoms with Crippen molar-refractivity contribution in [1.29, 1.82) is 0 Å². The molecule has 0 radical (unpaired) electrons. The van der Waals surface area contributed by atoms with Gasteiger partial charge in [0.15, 0.2) is 0 Å². The van der Waals surface area contributed by atoms with Crippen molar-refractivity contribution in [2.24, 2.45) is 5.14 Å². The second-order valence-electron chi connectivity index (χ2n) is 4.14. The van der Waals surface area contributed by atoms with Crippen LogP contribution in [0.5, 0.6) is 5.75 Å². The molecule has 0 atom stereocenters. The molecule has 0 aromatic heterocycles. The Morgan fingerprint density at radius 1 is 1.29 bits per heavy atom. The van der Waals surface area contributed by atoms with Gasteiger partial charge in [-0.3, -0.25) is 0 Å². The molecule has 0 amide bonds. The van der Waals surface area contributed by atoms with Crippen molar-refractivity contribution in [2.45, 2.75) is 11.5 Å². The van der Waals surface area contributed by atoms with Crippen LogP contribution in [0.2, 0.25) is 5.02 Å². The maximum atomic E-state index is 13.4. The molecule has 0 saturated heterocycles. The highest BCUT2D eigenvalue weighted by atomic mass is 79.9. The molecule has 0 aliphatic rings. The molecule has 0 spiro atoms. The van der Waals surface area contributed by atoms with Gasteiger partial charge in [0, 0.05) is 5.56 Å². The molecule has 0 heterocycles. The Balaban J connectivity index is 2.19. The third kappa shape index (κ3) is 3.94. The van der Waals surface area contributed by atoms with Gasteiger partial charge in [-0.1, -0.05) is 23.7 Å². The molecule has 0 aliphatic heterocycles. The zero-order valence-corrected chi connectivity index (χ0v) is 13.7. The van der Waals surface area contributed by atoms with E-state index in [1.165, 1.54) is 24.3 Å². The Morgan fingerprint density at radius 3 is 2.62 bits per heavy atom. The van der Waals surface area contributed by atoms with E-state index in [0.29, 0.717) is 10.0 Å². The molecular formula is C13H10BrClFNO3S. The summed E-state index contributed by atoms with van der Waals surface area (Å²) in [6, 6.07) is 8.46. The van der Waals surface area contributed by atoms with Crippen LogP contribution in [0.15, 0.2) is 45.8 Å². The lowest BCUT2D eigenvalue weighted by Crippen LogP contribution is -2.12. The first kappa shape index (κ1) is 16.2. The standard InChI is InChI=1S/C13H10BrClFNO3S/c14-13-8(2-1-3-11(13)16)7-20-12-5-4-9(6-10(12)15)21(17,18)19/h1-6H,7H2,(H2,17,18,19). The highest BCUT2D eigenvalue weighted by Gasteiger charge is 2.12. The van der Waals surface area contributed by atoms with Crippen LogP contribution < -0.4 is 9.88 Å². The fourth-order valence-electron chi connectivity index (χ4n) is 1.59. The Bertz CT molecular complexity index is 783. The molecule has 8 heteroatoms. The highest BCUT2D eigenvalue weighted by molar-refractivity contribution is 9.10. The van der Waals surface area contributed by atoms with Crippen molar-refractivity contribution >= 4 is 37.6 Å². The smallest absolute Gasteiger partial charge is 0.238 e. The summed E-state index contributed by atoms with van der Waals surface area (Å²) < 4.78 is 41.5. The molecule has 0 fully saturated rings. The third-order valence-electron chi connectivity index (χ3n) is 2.65. The first-order valence-corrected chi connectivity index (χ1v) is 8.39. The SMILES string of the molecule is NS(=O)(=O)c1ccc(OCc2cccc(F)c2Br)c(Cl)c1. The van der Waals surface area contributed by atoms with Gasteiger partial charge in [-0.25, -0.2) is 17.9 Å². The lowest BCUT2D eigenvalue weighted by molar-refractivity contribution is 0.304. The van der Waals surface area contributed by atoms with Crippen molar-refractivity contribution in [1.82, 2.24) is 0 Å². The Morgan fingerprint density at radius 2 is 2.00 bits per heavy atom. The average Bonchev–Trinajstić information content (AvgIpc) is 2.40. The van der Waals surface area contributed by atoms with Crippen LogP contribution in [0.4, 0.5) is 4.39 Å². The molecule has 2 aromatic rings. The van der Waals surface area contributed by atoms with Crippen LogP contribution in [0, 0.1) is 5.82 Å². The quantitative estimate of drug-likeness (QED) is 0.863. The van der Waals surface area contributed by atoms with Gasteiger partial charge in [-0.2, -0.15) is 0 Å². The number of halogens is 3. The number of benzene rings is 2. The van der Waals surface area contributed by atoms with Gasteiger partial charge >= 0.3 is 0 Å². The summed E-state index contributed by atoms with van der Waals surface area (Å²) in [5, 5.41) is 5.11. The summed E-state index contributed by atoms with van der Waals surface area (Å²) in [7, 11) is -3.82. The topological polar surface area (TPSA) is 69.4 Å². The fourth-order valence-corrected chi connectivity index (χ4v) is 2.81. The Labute approximate surface area is 134 Å². The molecule has 0 saturated carbocycles. The van der Waals surface area contributed by atoms with Gasteiger partial charge in [-0.15, -0.1) is 0 Å². The zero-order chi connectivity index (χ0) is 15.6. The fraction of sp³-hybridized carbons (Fsp3) is 0.0769. The minimum atomic E-state index is -3.82. The van der Waals surface area contributed by atoms with Crippen molar-refractivity contribution in [3.05, 3.63) is 57.3 Å². The second kappa shape index (κ2) is 6.31. The lowest BCUT2D eigenvalue weighted by Gasteiger charge is -2.10. The number of hydrogen-bond acceptors (Lipinski definition) is 3. The third-order valence-corrected chi connectivity index (χ3v) is 4.74. The largest absolute Gasteiger partial charge is 0.487 e. The van der Waals surface area contributed by atoms with E-state index in [0.717, 1.165) is 0 Å². The summed E-state index contributed by atoms with van der Waals surface area (Å²) in [4.78, 5) is -0.105. The van der Waals surface area contributed by atoms with Crippen molar-refractivity contribution < 1.29 is 17.5 Å². The number of hydrogen-bond donors (Lipinski definition) is 1. The van der Waals surface area contributed by atoms with Gasteiger partial charge in [0.1, 0.15) is 18.2 Å². The molecule has 0 aliphatic carbocycles. The minimum Gasteiger partial charge on any atom is -0.487 e. The first-order valence-electron chi connectivity index (χ1n) is 5.67. The number of ether oxygens (including phenoxy) is 1. The number of rotatable bonds is 4. The van der Waals surface area contributed by atoms with E-state index in [9.17, 15) is 12.8 Å². The lowest BCUT2D eigenvalue weighted by atomic mass is 10.2. The van der Waals surface area contributed by atoms with Gasteiger partial charge in [0.05, 0.1) is 14.4 Å². The van der Waals surface area contributed by atoms with Gasteiger partial charge in [0.25, 0.3) is 0 Å². The summed E-state index contributed by atoms with van der Waals surface area (Å²) in [5.41, 5.74) is 0.599. The minimum absolute atomic E-state index is 0.0762. The second-order valence-corrected chi connectivity index (χ2v) is 6.90. The molecule has 0 unspecified atom stereocenters. The highest BCUT2D eigenvalue weighted by Crippen LogP contribution is 2.29. The summed E-state index contributed by atoms with van der Waals surface area (Å²) in [5.74, 6) is -0.119. The summed E-state index contributed by atoms with van der Waals surface area (Å²) in [6.45, 7) is 0.0762. The first-order chi connectivity index (χ1) is 9.79. The monoisotopic (exact) mass is 393 g/mol. The molecule has 112 valence electrons. The average molecular weight is 395 g/mol. The van der Waals surface area contributed by atoms with E-state index in [-0.39, 0.29) is 22.3 Å². The van der Waals surface area contributed by atoms with E-state index in [1.807, 2.05) is 0 Å². The normalized spacial score (nSPS) is 11.4. The molecular weight excluding hydrogens is 385 g/mol. The number of primary sulfonamides is 1. The van der Waals surface area contributed by atoms with Crippen molar-refractivity contribution in [2.75, 3.05) is 0 Å². The van der Waals surface area contributed by atoms with Gasteiger partial charge in [-0.05, 0) is 40.2 Å². The number of sulfonamides is 1. The molecule has 0 bridgehead atoms. The molecule has 2 aromatic carbocycles. The van der Waals surface area contributed by atoms with Crippen molar-refractivity contribution in [3.8, 4) is 5.75 Å². The van der Waals surface area contributed by atoms with Crippen LogP contribution in [-0.2, 0) is 16.6 Å². The van der Waals surface area contributed by atoms with Crippen LogP contribution in [0.25, 0.3) is 0 Å². The van der Waals surface area contributed by atoms with Crippen molar-refractivity contribution in [3.63, 3.8) is 0 Å². The Hall–Kier alpha value is -1.15. The predicted octanol–water partition coefficient (Wildman–Crippen LogP) is 3.47. The predicted molar refractivity (Wildman–Crippen MR) is 81.3 cm³/mol. The van der Waals surface area contributed by atoms with Crippen LogP contribution >= 0.6 is 27.5 Å². The van der Waals surface area contributed by atoms with Crippen LogP contribution in [-0.4, -0.2) is 8.42 Å². The maximum absolute atomic E-state index is 13.4. The van der Waals surface area contributed by atoms with E-state index < -0.39 is 15.8 Å². The molecule has 2 N–H and O–H groups in total. The maximum Gasteiger partial charge on any atom is 0.238 e. The number of nitrogens with two attached hydrogens (primary N) is 1. The molecule has 2 rings (SSSR count). The molecule has 4 nitrogen and oxygen atoms in total. The molecule has 21 heavy (non-hydrogen) atoms. The van der Waals surface area contributed by atoms with Gasteiger partial charge < -0.3 is 4.74 Å². The van der Waals surface area contributed by atoms with Crippen LogP contribution in [0.1, 0.15) is 5.56 Å². The van der Waals surface area contributed by atoms with Gasteiger partial charge in [0.2, 0.25) is 10.0 Å². The summed E-state index contributed by atoms with van der Waals surface area (Å²) >= 11 is 9.07. The van der Waals surface area contributed by atoms with E-state index in [1.54, 1.807) is 12.1 Å². The van der Waals surface area contributed by atoms with E-state index in [4.69, 9.17) is 21.5 Å². The van der Waals surface area contributed by atoms with E-state index >= 15 is 0 Å². The van der Waals surface area contributed by atoms with E-state index in [2.05, 4.69) is 15.9 Å². The summed E-state index contributed by atoms with van der Waals surface area (Å²) in [6.07, 6.45) is 0. The van der Waals surface area contributed by atoms with Crippen LogP contribution in [0.3, 0.4) is 0 Å².